The third kappa shape index (κ3) is 8.31. The van der Waals surface area contributed by atoms with Crippen LogP contribution in [0.25, 0.3) is 11.4 Å². The summed E-state index contributed by atoms with van der Waals surface area (Å²) in [4.78, 5) is 31.7. The van der Waals surface area contributed by atoms with Gasteiger partial charge in [-0.15, -0.1) is 0 Å². The fourth-order valence-electron chi connectivity index (χ4n) is 3.30. The van der Waals surface area contributed by atoms with E-state index in [1.54, 1.807) is 48.7 Å². The molecule has 0 saturated heterocycles. The Morgan fingerprint density at radius 3 is 2.32 bits per heavy atom. The molecule has 0 aliphatic rings. The molecule has 0 spiro atoms. The summed E-state index contributed by atoms with van der Waals surface area (Å²) >= 11 is 0. The van der Waals surface area contributed by atoms with Crippen LogP contribution in [0.15, 0.2) is 83.5 Å². The number of amides is 3. The average molecular weight is 534 g/mol. The number of hydrogen-bond donors (Lipinski definition) is 3. The lowest BCUT2D eigenvalue weighted by atomic mass is 10.2. The summed E-state index contributed by atoms with van der Waals surface area (Å²) in [7, 11) is -2.54. The maximum atomic E-state index is 12.2. The standard InChI is InChI=1S/C26H25N5O4S.C2H6/c1-17-5-4-6-20(13-17)30-26(33)29-19-7-9-21(10-8-19)35-22-11-12-27-24(15-22)23-14-18(16-28-23)25(32)31-36(2,3)34;1-2/h4-16,28H,1-3H3,(H2,29,30,33);1-2H3. The van der Waals surface area contributed by atoms with Crippen molar-refractivity contribution in [2.45, 2.75) is 20.8 Å². The lowest BCUT2D eigenvalue weighted by Gasteiger charge is -2.10. The monoisotopic (exact) mass is 533 g/mol. The molecule has 0 atom stereocenters. The van der Waals surface area contributed by atoms with Gasteiger partial charge in [0.15, 0.2) is 0 Å². The molecule has 0 saturated carbocycles. The zero-order valence-electron chi connectivity index (χ0n) is 21.9. The number of aromatic nitrogens is 2. The van der Waals surface area contributed by atoms with Crippen molar-refractivity contribution in [2.24, 2.45) is 4.36 Å². The zero-order valence-corrected chi connectivity index (χ0v) is 22.8. The Labute approximate surface area is 222 Å². The van der Waals surface area contributed by atoms with E-state index in [1.165, 1.54) is 18.7 Å². The van der Waals surface area contributed by atoms with Crippen molar-refractivity contribution < 1.29 is 18.5 Å². The maximum absolute atomic E-state index is 12.2. The largest absolute Gasteiger partial charge is 0.457 e. The summed E-state index contributed by atoms with van der Waals surface area (Å²) in [6, 6.07) is 19.2. The maximum Gasteiger partial charge on any atom is 0.323 e. The minimum Gasteiger partial charge on any atom is -0.457 e. The van der Waals surface area contributed by atoms with E-state index in [4.69, 9.17) is 4.74 Å². The lowest BCUT2D eigenvalue weighted by molar-refractivity contribution is 0.100. The van der Waals surface area contributed by atoms with Crippen LogP contribution in [0.1, 0.15) is 29.8 Å². The summed E-state index contributed by atoms with van der Waals surface area (Å²) in [5.41, 5.74) is 3.83. The van der Waals surface area contributed by atoms with Crippen LogP contribution >= 0.6 is 0 Å². The van der Waals surface area contributed by atoms with Crippen LogP contribution in [0, 0.1) is 6.92 Å². The smallest absolute Gasteiger partial charge is 0.323 e. The van der Waals surface area contributed by atoms with Gasteiger partial charge >= 0.3 is 6.03 Å². The van der Waals surface area contributed by atoms with E-state index in [9.17, 15) is 13.8 Å². The van der Waals surface area contributed by atoms with Crippen molar-refractivity contribution in [3.05, 3.63) is 90.3 Å². The molecule has 2 aromatic carbocycles. The highest BCUT2D eigenvalue weighted by Crippen LogP contribution is 2.27. The average Bonchev–Trinajstić information content (AvgIpc) is 3.37. The number of anilines is 2. The molecule has 0 aliphatic carbocycles. The minimum atomic E-state index is -2.54. The molecule has 38 heavy (non-hydrogen) atoms. The van der Waals surface area contributed by atoms with Crippen molar-refractivity contribution in [1.82, 2.24) is 9.97 Å². The van der Waals surface area contributed by atoms with Crippen LogP contribution in [0.4, 0.5) is 16.2 Å². The van der Waals surface area contributed by atoms with E-state index in [2.05, 4.69) is 25.0 Å². The van der Waals surface area contributed by atoms with Gasteiger partial charge < -0.3 is 20.4 Å². The molecule has 0 fully saturated rings. The molecule has 3 amide bonds. The zero-order chi connectivity index (χ0) is 27.7. The first-order chi connectivity index (χ1) is 18.1. The SMILES string of the molecule is CC.Cc1cccc(NC(=O)Nc2ccc(Oc3ccnc(-c4cc(C(=O)N=S(C)(C)=O)c[nH]4)c3)cc2)c1. The van der Waals surface area contributed by atoms with Gasteiger partial charge in [-0.25, -0.2) is 9.00 Å². The number of hydrogen-bond acceptors (Lipinski definition) is 5. The van der Waals surface area contributed by atoms with Crippen molar-refractivity contribution in [3.63, 3.8) is 0 Å². The van der Waals surface area contributed by atoms with E-state index in [0.29, 0.717) is 39.8 Å². The summed E-state index contributed by atoms with van der Waals surface area (Å²) < 4.78 is 21.4. The van der Waals surface area contributed by atoms with Gasteiger partial charge in [0.05, 0.1) is 17.0 Å². The number of aryl methyl sites for hydroxylation is 1. The second-order valence-corrected chi connectivity index (χ2v) is 10.9. The quantitative estimate of drug-likeness (QED) is 0.254. The van der Waals surface area contributed by atoms with Crippen molar-refractivity contribution in [3.8, 4) is 22.9 Å². The molecule has 4 rings (SSSR count). The van der Waals surface area contributed by atoms with E-state index >= 15 is 0 Å². The highest BCUT2D eigenvalue weighted by Gasteiger charge is 2.12. The summed E-state index contributed by atoms with van der Waals surface area (Å²) in [6.45, 7) is 5.96. The number of ether oxygens (including phenoxy) is 1. The van der Waals surface area contributed by atoms with Crippen LogP contribution in [0.2, 0.25) is 0 Å². The number of rotatable bonds is 6. The molecule has 2 heterocycles. The van der Waals surface area contributed by atoms with Crippen LogP contribution < -0.4 is 15.4 Å². The first-order valence-corrected chi connectivity index (χ1v) is 14.3. The Balaban J connectivity index is 0.00000195. The fourth-order valence-corrected chi connectivity index (χ4v) is 3.80. The Morgan fingerprint density at radius 2 is 1.63 bits per heavy atom. The number of benzene rings is 2. The van der Waals surface area contributed by atoms with Crippen LogP contribution in [-0.2, 0) is 9.73 Å². The van der Waals surface area contributed by atoms with Gasteiger partial charge in [0, 0.05) is 52.1 Å². The van der Waals surface area contributed by atoms with E-state index < -0.39 is 15.6 Å². The number of carbonyl (C=O) groups is 2. The Morgan fingerprint density at radius 1 is 0.921 bits per heavy atom. The van der Waals surface area contributed by atoms with E-state index in [1.807, 2.05) is 45.0 Å². The van der Waals surface area contributed by atoms with E-state index in [-0.39, 0.29) is 6.03 Å². The first-order valence-electron chi connectivity index (χ1n) is 11.9. The number of urea groups is 1. The van der Waals surface area contributed by atoms with Gasteiger partial charge in [-0.1, -0.05) is 26.0 Å². The first kappa shape index (κ1) is 28.1. The molecule has 10 heteroatoms. The minimum absolute atomic E-state index is 0.295. The van der Waals surface area contributed by atoms with Gasteiger partial charge in [-0.3, -0.25) is 9.78 Å². The Kier molecular flexibility index (Phi) is 9.39. The second kappa shape index (κ2) is 12.7. The van der Waals surface area contributed by atoms with Crippen molar-refractivity contribution in [1.29, 1.82) is 0 Å². The van der Waals surface area contributed by atoms with Gasteiger partial charge in [0.2, 0.25) is 0 Å². The predicted octanol–water partition coefficient (Wildman–Crippen LogP) is 6.72. The third-order valence-corrected chi connectivity index (χ3v) is 5.47. The second-order valence-electron chi connectivity index (χ2n) is 8.33. The van der Waals surface area contributed by atoms with Crippen LogP contribution in [0.3, 0.4) is 0 Å². The third-order valence-electron chi connectivity index (χ3n) is 4.86. The van der Waals surface area contributed by atoms with E-state index in [0.717, 1.165) is 5.56 Å². The molecular weight excluding hydrogens is 502 g/mol. The summed E-state index contributed by atoms with van der Waals surface area (Å²) in [6.07, 6.45) is 5.91. The molecule has 4 aromatic rings. The molecule has 9 nitrogen and oxygen atoms in total. The topological polar surface area (TPSA) is 126 Å². The Hall–Kier alpha value is -4.44. The molecule has 0 unspecified atom stereocenters. The van der Waals surface area contributed by atoms with Gasteiger partial charge in [-0.05, 0) is 61.0 Å². The van der Waals surface area contributed by atoms with Crippen molar-refractivity contribution >= 4 is 33.0 Å². The molecule has 3 N–H and O–H groups in total. The molecule has 198 valence electrons. The lowest BCUT2D eigenvalue weighted by Crippen LogP contribution is -2.19. The van der Waals surface area contributed by atoms with Gasteiger partial charge in [0.1, 0.15) is 11.5 Å². The summed E-state index contributed by atoms with van der Waals surface area (Å²) in [5.74, 6) is 0.551. The molecular formula is C28H31N5O4S. The highest BCUT2D eigenvalue weighted by atomic mass is 32.2. The number of nitrogens with zero attached hydrogens (tertiary/aromatic N) is 2. The molecule has 0 aliphatic heterocycles. The van der Waals surface area contributed by atoms with Gasteiger partial charge in [-0.2, -0.15) is 4.36 Å². The Bertz CT molecular complexity index is 1530. The molecule has 0 radical (unpaired) electrons. The van der Waals surface area contributed by atoms with Crippen LogP contribution in [-0.4, -0.2) is 38.6 Å². The van der Waals surface area contributed by atoms with Crippen LogP contribution in [0.5, 0.6) is 11.5 Å². The number of pyridine rings is 1. The van der Waals surface area contributed by atoms with Gasteiger partial charge in [0.25, 0.3) is 5.91 Å². The predicted molar refractivity (Wildman–Crippen MR) is 152 cm³/mol. The fraction of sp³-hybridized carbons (Fsp3) is 0.179. The molecule has 2 aromatic heterocycles. The number of nitrogens with one attached hydrogen (secondary N) is 3. The molecule has 0 bridgehead atoms. The number of aromatic amines is 1. The summed E-state index contributed by atoms with van der Waals surface area (Å²) in [5, 5.41) is 5.58. The number of carbonyl (C=O) groups excluding carboxylic acids is 2. The highest BCUT2D eigenvalue weighted by molar-refractivity contribution is 7.92. The number of H-pyrrole nitrogens is 1. The normalized spacial score (nSPS) is 10.6. The van der Waals surface area contributed by atoms with Crippen molar-refractivity contribution in [2.75, 3.05) is 23.1 Å².